The molecule has 2 aliphatic heterocycles. The van der Waals surface area contributed by atoms with Gasteiger partial charge in [0.05, 0.1) is 13.2 Å². The van der Waals surface area contributed by atoms with Crippen molar-refractivity contribution < 1.29 is 33.9 Å². The van der Waals surface area contributed by atoms with E-state index >= 15 is 0 Å². The fraction of sp³-hybridized carbons (Fsp3) is 0.429. The lowest BCUT2D eigenvalue weighted by Crippen LogP contribution is -2.69. The van der Waals surface area contributed by atoms with Gasteiger partial charge in [0.15, 0.2) is 6.29 Å². The van der Waals surface area contributed by atoms with Crippen molar-refractivity contribution in [3.63, 3.8) is 0 Å². The molecular formula is C21H24O7. The lowest BCUT2D eigenvalue weighted by Gasteiger charge is -2.50. The average Bonchev–Trinajstić information content (AvgIpc) is 2.73. The van der Waals surface area contributed by atoms with Crippen LogP contribution in [0.25, 0.3) is 0 Å². The maximum atomic E-state index is 10.7. The zero-order valence-corrected chi connectivity index (χ0v) is 15.5. The Balaban J connectivity index is 1.49. The average molecular weight is 388 g/mol. The Bertz CT molecular complexity index is 752. The summed E-state index contributed by atoms with van der Waals surface area (Å²) in [6.45, 7) is 0.377. The summed E-state index contributed by atoms with van der Waals surface area (Å²) in [5.74, 6) is -2.39. The number of aliphatic hydroxyl groups is 2. The molecule has 7 nitrogen and oxygen atoms in total. The summed E-state index contributed by atoms with van der Waals surface area (Å²) >= 11 is 0. The first-order valence-corrected chi connectivity index (χ1v) is 9.20. The van der Waals surface area contributed by atoms with Crippen molar-refractivity contribution >= 4 is 0 Å². The van der Waals surface area contributed by atoms with Gasteiger partial charge in [0.2, 0.25) is 12.1 Å². The minimum atomic E-state index is -2.39. The molecule has 0 bridgehead atoms. The van der Waals surface area contributed by atoms with Gasteiger partial charge in [-0.3, -0.25) is 0 Å². The highest BCUT2D eigenvalue weighted by Crippen LogP contribution is 2.38. The van der Waals surface area contributed by atoms with Crippen LogP contribution in [0.3, 0.4) is 0 Å². The van der Waals surface area contributed by atoms with E-state index in [0.29, 0.717) is 0 Å². The predicted molar refractivity (Wildman–Crippen MR) is 97.9 cm³/mol. The summed E-state index contributed by atoms with van der Waals surface area (Å²) in [5, 5.41) is 21.5. The van der Waals surface area contributed by atoms with Gasteiger partial charge in [0.1, 0.15) is 18.3 Å². The SMILES string of the molecule is CO[C@H]1[C@H]2OC(c3ccccc3)OCC2O[C@@H](OCc2ccccc2)C1(O)O. The number of benzene rings is 2. The van der Waals surface area contributed by atoms with E-state index in [2.05, 4.69) is 0 Å². The third-order valence-corrected chi connectivity index (χ3v) is 4.99. The number of fused-ring (bicyclic) bond motifs is 1. The number of ether oxygens (including phenoxy) is 5. The number of hydrogen-bond donors (Lipinski definition) is 2. The Kier molecular flexibility index (Phi) is 5.75. The van der Waals surface area contributed by atoms with Crippen LogP contribution in [-0.4, -0.2) is 54.3 Å². The molecule has 2 unspecified atom stereocenters. The minimum Gasteiger partial charge on any atom is -0.373 e. The molecule has 5 atom stereocenters. The summed E-state index contributed by atoms with van der Waals surface area (Å²) in [6, 6.07) is 18.9. The summed E-state index contributed by atoms with van der Waals surface area (Å²) in [4.78, 5) is 0. The molecular weight excluding hydrogens is 364 g/mol. The highest BCUT2D eigenvalue weighted by molar-refractivity contribution is 5.17. The third kappa shape index (κ3) is 3.83. The minimum absolute atomic E-state index is 0.163. The molecule has 2 aromatic carbocycles. The van der Waals surface area contributed by atoms with Crippen LogP contribution in [0.1, 0.15) is 17.4 Å². The second kappa shape index (κ2) is 8.26. The van der Waals surface area contributed by atoms with E-state index in [1.807, 2.05) is 60.7 Å². The summed E-state index contributed by atoms with van der Waals surface area (Å²) in [6.07, 6.45) is -4.29. The predicted octanol–water partition coefficient (Wildman–Crippen LogP) is 1.74. The fourth-order valence-corrected chi connectivity index (χ4v) is 3.57. The number of hydrogen-bond acceptors (Lipinski definition) is 7. The normalized spacial score (nSPS) is 31.9. The topological polar surface area (TPSA) is 86.6 Å². The molecule has 0 saturated carbocycles. The Labute approximate surface area is 163 Å². The molecule has 0 aliphatic carbocycles. The monoisotopic (exact) mass is 388 g/mol. The number of methoxy groups -OCH3 is 1. The second-order valence-electron chi connectivity index (χ2n) is 6.92. The lowest BCUT2D eigenvalue weighted by molar-refractivity contribution is -0.436. The third-order valence-electron chi connectivity index (χ3n) is 4.99. The fourth-order valence-electron chi connectivity index (χ4n) is 3.57. The molecule has 2 fully saturated rings. The van der Waals surface area contributed by atoms with Crippen LogP contribution in [0.4, 0.5) is 0 Å². The molecule has 4 rings (SSSR count). The molecule has 0 spiro atoms. The first-order valence-electron chi connectivity index (χ1n) is 9.20. The Morgan fingerprint density at radius 2 is 1.68 bits per heavy atom. The standard InChI is InChI=1S/C21H24O7/c1-24-18-17-16(13-25-19(28-17)15-10-6-3-7-11-15)27-20(21(18,22)23)26-12-14-8-4-2-5-9-14/h2-11,16-20,22-23H,12-13H2,1H3/t16?,17-,18-,19?,20+/m0/s1. The molecule has 2 saturated heterocycles. The van der Waals surface area contributed by atoms with Crippen molar-refractivity contribution in [2.75, 3.05) is 13.7 Å². The quantitative estimate of drug-likeness (QED) is 0.755. The van der Waals surface area contributed by atoms with Gasteiger partial charge < -0.3 is 33.9 Å². The van der Waals surface area contributed by atoms with Crippen LogP contribution in [0, 0.1) is 0 Å². The highest BCUT2D eigenvalue weighted by Gasteiger charge is 2.58. The summed E-state index contributed by atoms with van der Waals surface area (Å²) in [7, 11) is 1.40. The van der Waals surface area contributed by atoms with Gasteiger partial charge in [-0.2, -0.15) is 0 Å². The molecule has 2 aliphatic rings. The smallest absolute Gasteiger partial charge is 0.245 e. The zero-order chi connectivity index (χ0) is 19.6. The zero-order valence-electron chi connectivity index (χ0n) is 15.5. The van der Waals surface area contributed by atoms with Crippen molar-refractivity contribution in [2.45, 2.75) is 43.3 Å². The van der Waals surface area contributed by atoms with Gasteiger partial charge in [-0.15, -0.1) is 0 Å². The first-order chi connectivity index (χ1) is 13.6. The molecule has 150 valence electrons. The Hall–Kier alpha value is -1.84. The van der Waals surface area contributed by atoms with E-state index in [4.69, 9.17) is 23.7 Å². The van der Waals surface area contributed by atoms with Crippen molar-refractivity contribution in [3.8, 4) is 0 Å². The van der Waals surface area contributed by atoms with Gasteiger partial charge in [0.25, 0.3) is 0 Å². The highest BCUT2D eigenvalue weighted by atomic mass is 16.8. The van der Waals surface area contributed by atoms with Crippen LogP contribution in [0.5, 0.6) is 0 Å². The molecule has 2 heterocycles. The van der Waals surface area contributed by atoms with Gasteiger partial charge in [-0.1, -0.05) is 60.7 Å². The van der Waals surface area contributed by atoms with Crippen LogP contribution in [-0.2, 0) is 30.3 Å². The van der Waals surface area contributed by atoms with E-state index in [1.165, 1.54) is 7.11 Å². The van der Waals surface area contributed by atoms with Crippen LogP contribution < -0.4 is 0 Å². The van der Waals surface area contributed by atoms with Crippen LogP contribution in [0.2, 0.25) is 0 Å². The van der Waals surface area contributed by atoms with Gasteiger partial charge in [-0.25, -0.2) is 0 Å². The largest absolute Gasteiger partial charge is 0.373 e. The van der Waals surface area contributed by atoms with E-state index in [-0.39, 0.29) is 13.2 Å². The Morgan fingerprint density at radius 3 is 2.36 bits per heavy atom. The molecule has 2 aromatic rings. The van der Waals surface area contributed by atoms with Gasteiger partial charge >= 0.3 is 0 Å². The van der Waals surface area contributed by atoms with Crippen molar-refractivity contribution in [3.05, 3.63) is 71.8 Å². The van der Waals surface area contributed by atoms with Gasteiger partial charge in [0, 0.05) is 12.7 Å². The molecule has 2 N–H and O–H groups in total. The van der Waals surface area contributed by atoms with Crippen molar-refractivity contribution in [1.29, 1.82) is 0 Å². The second-order valence-corrected chi connectivity index (χ2v) is 6.92. The van der Waals surface area contributed by atoms with Crippen LogP contribution >= 0.6 is 0 Å². The van der Waals surface area contributed by atoms with E-state index in [1.54, 1.807) is 0 Å². The summed E-state index contributed by atoms with van der Waals surface area (Å²) < 4.78 is 28.6. The van der Waals surface area contributed by atoms with E-state index in [9.17, 15) is 10.2 Å². The maximum absolute atomic E-state index is 10.7. The van der Waals surface area contributed by atoms with Crippen molar-refractivity contribution in [1.82, 2.24) is 0 Å². The van der Waals surface area contributed by atoms with Gasteiger partial charge in [-0.05, 0) is 5.56 Å². The molecule has 28 heavy (non-hydrogen) atoms. The van der Waals surface area contributed by atoms with E-state index < -0.39 is 36.7 Å². The first kappa shape index (κ1) is 19.5. The van der Waals surface area contributed by atoms with Crippen LogP contribution in [0.15, 0.2) is 60.7 Å². The maximum Gasteiger partial charge on any atom is 0.245 e. The molecule has 7 heteroatoms. The number of rotatable bonds is 5. The Morgan fingerprint density at radius 1 is 1.00 bits per heavy atom. The summed E-state index contributed by atoms with van der Waals surface area (Å²) in [5.41, 5.74) is 1.72. The molecule has 0 amide bonds. The van der Waals surface area contributed by atoms with E-state index in [0.717, 1.165) is 11.1 Å². The van der Waals surface area contributed by atoms with Crippen molar-refractivity contribution in [2.24, 2.45) is 0 Å². The molecule has 0 aromatic heterocycles. The molecule has 0 radical (unpaired) electrons. The lowest BCUT2D eigenvalue weighted by atomic mass is 9.94.